The number of amides is 2. The van der Waals surface area contributed by atoms with Crippen molar-refractivity contribution < 1.29 is 19.7 Å². The van der Waals surface area contributed by atoms with E-state index in [4.69, 9.17) is 4.74 Å². The fourth-order valence-electron chi connectivity index (χ4n) is 2.12. The Labute approximate surface area is 99.9 Å². The molecule has 0 aromatic rings. The summed E-state index contributed by atoms with van der Waals surface area (Å²) in [5.74, 6) is 0. The minimum Gasteiger partial charge on any atom is -0.390 e. The van der Waals surface area contributed by atoms with Gasteiger partial charge in [-0.2, -0.15) is 0 Å². The van der Waals surface area contributed by atoms with Crippen molar-refractivity contribution >= 4 is 6.03 Å². The van der Waals surface area contributed by atoms with Crippen LogP contribution in [0.25, 0.3) is 0 Å². The molecule has 3 N–H and O–H groups in total. The van der Waals surface area contributed by atoms with Crippen molar-refractivity contribution in [1.82, 2.24) is 10.2 Å². The first kappa shape index (κ1) is 12.3. The van der Waals surface area contributed by atoms with Gasteiger partial charge in [0.1, 0.15) is 6.23 Å². The van der Waals surface area contributed by atoms with Gasteiger partial charge in [0.2, 0.25) is 0 Å². The van der Waals surface area contributed by atoms with Gasteiger partial charge in [0.25, 0.3) is 0 Å². The van der Waals surface area contributed by atoms with Gasteiger partial charge < -0.3 is 20.3 Å². The topological polar surface area (TPSA) is 82.0 Å². The molecule has 1 fully saturated rings. The molecule has 0 aromatic heterocycles. The third-order valence-electron chi connectivity index (χ3n) is 3.19. The third kappa shape index (κ3) is 2.29. The molecule has 2 rings (SSSR count). The second kappa shape index (κ2) is 4.64. The average Bonchev–Trinajstić information content (AvgIpc) is 2.65. The highest BCUT2D eigenvalue weighted by atomic mass is 16.5. The smallest absolute Gasteiger partial charge is 0.325 e. The Balaban J connectivity index is 2.11. The molecule has 1 saturated heterocycles. The van der Waals surface area contributed by atoms with Crippen molar-refractivity contribution in [2.24, 2.45) is 0 Å². The number of carbonyl (C=O) groups excluding carboxylic acids is 1. The number of aliphatic hydroxyl groups excluding tert-OH is 2. The van der Waals surface area contributed by atoms with Crippen molar-refractivity contribution in [1.29, 1.82) is 0 Å². The van der Waals surface area contributed by atoms with Crippen molar-refractivity contribution in [2.75, 3.05) is 0 Å². The fourth-order valence-corrected chi connectivity index (χ4v) is 2.12. The van der Waals surface area contributed by atoms with Crippen LogP contribution in [-0.4, -0.2) is 45.8 Å². The highest BCUT2D eigenvalue weighted by Gasteiger charge is 2.39. The molecular formula is C11H18N2O4. The normalized spacial score (nSPS) is 38.0. The maximum atomic E-state index is 11.7. The Kier molecular flexibility index (Phi) is 3.37. The van der Waals surface area contributed by atoms with Crippen LogP contribution in [0.1, 0.15) is 26.7 Å². The van der Waals surface area contributed by atoms with E-state index in [1.54, 1.807) is 13.1 Å². The molecule has 0 bridgehead atoms. The minimum atomic E-state index is -0.938. The zero-order chi connectivity index (χ0) is 12.6. The fraction of sp³-hybridized carbons (Fsp3) is 0.727. The number of rotatable bonds is 2. The van der Waals surface area contributed by atoms with E-state index in [0.29, 0.717) is 18.4 Å². The lowest BCUT2D eigenvalue weighted by atomic mass is 10.1. The van der Waals surface area contributed by atoms with E-state index in [1.807, 2.05) is 6.92 Å². The summed E-state index contributed by atoms with van der Waals surface area (Å²) in [6.45, 7) is 3.65. The van der Waals surface area contributed by atoms with Gasteiger partial charge >= 0.3 is 6.03 Å². The molecule has 17 heavy (non-hydrogen) atoms. The summed E-state index contributed by atoms with van der Waals surface area (Å²) in [5, 5.41) is 21.6. The van der Waals surface area contributed by atoms with Gasteiger partial charge in [0.15, 0.2) is 6.23 Å². The Bertz CT molecular complexity index is 344. The lowest BCUT2D eigenvalue weighted by Crippen LogP contribution is -2.51. The second-order valence-electron chi connectivity index (χ2n) is 4.47. The molecule has 0 saturated carbocycles. The van der Waals surface area contributed by atoms with E-state index in [2.05, 4.69) is 5.32 Å². The molecule has 4 atom stereocenters. The number of ether oxygens (including phenoxy) is 1. The van der Waals surface area contributed by atoms with Crippen LogP contribution >= 0.6 is 0 Å². The van der Waals surface area contributed by atoms with Gasteiger partial charge in [-0.25, -0.2) is 4.79 Å². The molecule has 96 valence electrons. The van der Waals surface area contributed by atoms with Gasteiger partial charge in [-0.3, -0.25) is 4.90 Å². The zero-order valence-corrected chi connectivity index (χ0v) is 9.96. The van der Waals surface area contributed by atoms with Gasteiger partial charge in [0, 0.05) is 12.6 Å². The SMILES string of the molecule is CC[C@H]1O[C@@H](N2C=C(C)C(O)NC2=O)C[C@H]1O. The van der Waals surface area contributed by atoms with Crippen LogP contribution in [0.2, 0.25) is 0 Å². The van der Waals surface area contributed by atoms with Gasteiger partial charge in [-0.05, 0) is 18.9 Å². The molecule has 0 spiro atoms. The van der Waals surface area contributed by atoms with Crippen LogP contribution in [0.15, 0.2) is 11.8 Å². The summed E-state index contributed by atoms with van der Waals surface area (Å²) in [6, 6.07) is -0.406. The van der Waals surface area contributed by atoms with Crippen molar-refractivity contribution in [3.63, 3.8) is 0 Å². The first-order chi connectivity index (χ1) is 8.02. The molecule has 6 nitrogen and oxygen atoms in total. The summed E-state index contributed by atoms with van der Waals surface area (Å²) in [4.78, 5) is 13.1. The molecule has 2 heterocycles. The molecule has 0 aliphatic carbocycles. The average molecular weight is 242 g/mol. The lowest BCUT2D eigenvalue weighted by Gasteiger charge is -2.31. The summed E-state index contributed by atoms with van der Waals surface area (Å²) >= 11 is 0. The maximum Gasteiger partial charge on any atom is 0.325 e. The highest BCUT2D eigenvalue weighted by molar-refractivity contribution is 5.77. The highest BCUT2D eigenvalue weighted by Crippen LogP contribution is 2.27. The van der Waals surface area contributed by atoms with Crippen LogP contribution in [-0.2, 0) is 4.74 Å². The predicted octanol–water partition coefficient (Wildman–Crippen LogP) is 0.120. The number of urea groups is 1. The summed E-state index contributed by atoms with van der Waals surface area (Å²) in [6.07, 6.45) is 0.500. The first-order valence-corrected chi connectivity index (χ1v) is 5.81. The minimum absolute atomic E-state index is 0.228. The number of aliphatic hydroxyl groups is 2. The van der Waals surface area contributed by atoms with E-state index < -0.39 is 24.6 Å². The molecular weight excluding hydrogens is 224 g/mol. The van der Waals surface area contributed by atoms with E-state index in [0.717, 1.165) is 0 Å². The molecule has 1 unspecified atom stereocenters. The molecule has 2 aliphatic heterocycles. The Morgan fingerprint density at radius 3 is 2.88 bits per heavy atom. The van der Waals surface area contributed by atoms with Crippen LogP contribution in [0.5, 0.6) is 0 Å². The quantitative estimate of drug-likeness (QED) is 0.642. The van der Waals surface area contributed by atoms with Gasteiger partial charge in [-0.15, -0.1) is 0 Å². The standard InChI is InChI=1S/C11H18N2O4/c1-3-8-7(14)4-9(17-8)13-5-6(2)10(15)12-11(13)16/h5,7-10,14-15H,3-4H2,1-2H3,(H,12,16)/t7-,8-,9-,10?/m1/s1. The molecule has 0 radical (unpaired) electrons. The molecule has 2 amide bonds. The van der Waals surface area contributed by atoms with Crippen molar-refractivity contribution in [3.8, 4) is 0 Å². The van der Waals surface area contributed by atoms with E-state index in [-0.39, 0.29) is 6.10 Å². The molecule has 0 aromatic carbocycles. The number of hydrogen-bond donors (Lipinski definition) is 3. The lowest BCUT2D eigenvalue weighted by molar-refractivity contribution is -0.0361. The summed E-state index contributed by atoms with van der Waals surface area (Å²) < 4.78 is 5.61. The monoisotopic (exact) mass is 242 g/mol. The van der Waals surface area contributed by atoms with E-state index in [1.165, 1.54) is 4.90 Å². The predicted molar refractivity (Wildman–Crippen MR) is 59.7 cm³/mol. The van der Waals surface area contributed by atoms with E-state index >= 15 is 0 Å². The zero-order valence-electron chi connectivity index (χ0n) is 9.96. The van der Waals surface area contributed by atoms with Gasteiger partial charge in [-0.1, -0.05) is 6.92 Å². The van der Waals surface area contributed by atoms with Crippen LogP contribution < -0.4 is 5.32 Å². The maximum absolute atomic E-state index is 11.7. The summed E-state index contributed by atoms with van der Waals surface area (Å²) in [5.41, 5.74) is 0.641. The Hall–Kier alpha value is -1.11. The Morgan fingerprint density at radius 2 is 2.29 bits per heavy atom. The first-order valence-electron chi connectivity index (χ1n) is 5.81. The largest absolute Gasteiger partial charge is 0.390 e. The number of carbonyl (C=O) groups is 1. The molecule has 6 heteroatoms. The Morgan fingerprint density at radius 1 is 1.59 bits per heavy atom. The number of nitrogens with zero attached hydrogens (tertiary/aromatic N) is 1. The third-order valence-corrected chi connectivity index (χ3v) is 3.19. The van der Waals surface area contributed by atoms with Crippen LogP contribution in [0, 0.1) is 0 Å². The van der Waals surface area contributed by atoms with Crippen molar-refractivity contribution in [3.05, 3.63) is 11.8 Å². The van der Waals surface area contributed by atoms with Crippen LogP contribution in [0.3, 0.4) is 0 Å². The van der Waals surface area contributed by atoms with Crippen molar-refractivity contribution in [2.45, 2.75) is 51.4 Å². The number of nitrogens with one attached hydrogen (secondary N) is 1. The summed E-state index contributed by atoms with van der Waals surface area (Å²) in [7, 11) is 0. The van der Waals surface area contributed by atoms with E-state index in [9.17, 15) is 15.0 Å². The van der Waals surface area contributed by atoms with Crippen LogP contribution in [0.4, 0.5) is 4.79 Å². The second-order valence-corrected chi connectivity index (χ2v) is 4.47. The van der Waals surface area contributed by atoms with Gasteiger partial charge in [0.05, 0.1) is 12.2 Å². The molecule has 2 aliphatic rings. The number of hydrogen-bond acceptors (Lipinski definition) is 4.